The normalized spacial score (nSPS) is 21.4. The number of piperidine rings is 1. The number of aromatic nitrogens is 1. The van der Waals surface area contributed by atoms with Crippen molar-refractivity contribution in [2.75, 3.05) is 18.0 Å². The summed E-state index contributed by atoms with van der Waals surface area (Å²) in [6, 6.07) is 4.09. The van der Waals surface area contributed by atoms with Crippen LogP contribution in [0.5, 0.6) is 0 Å². The van der Waals surface area contributed by atoms with Gasteiger partial charge in [0.2, 0.25) is 0 Å². The molecule has 2 rings (SSSR count). The minimum absolute atomic E-state index is 0.182. The molecule has 3 nitrogen and oxygen atoms in total. The summed E-state index contributed by atoms with van der Waals surface area (Å²) in [5.74, 6) is 1.18. The monoisotopic (exact) mass is 204 g/mol. The highest BCUT2D eigenvalue weighted by atomic mass is 16.1. The topological polar surface area (TPSA) is 33.2 Å². The molecule has 0 amide bonds. The lowest BCUT2D eigenvalue weighted by Gasteiger charge is -2.31. The van der Waals surface area contributed by atoms with Crippen LogP contribution in [0.2, 0.25) is 0 Å². The van der Waals surface area contributed by atoms with Crippen LogP contribution in [0.1, 0.15) is 18.4 Å². The maximum atomic E-state index is 10.7. The number of pyridine rings is 1. The van der Waals surface area contributed by atoms with E-state index in [-0.39, 0.29) is 5.92 Å². The van der Waals surface area contributed by atoms with Crippen molar-refractivity contribution < 1.29 is 4.79 Å². The van der Waals surface area contributed by atoms with Crippen LogP contribution in [-0.4, -0.2) is 24.4 Å². The van der Waals surface area contributed by atoms with Crippen molar-refractivity contribution in [2.45, 2.75) is 19.8 Å². The van der Waals surface area contributed by atoms with Gasteiger partial charge in [-0.3, -0.25) is 0 Å². The van der Waals surface area contributed by atoms with E-state index in [9.17, 15) is 4.79 Å². The maximum Gasteiger partial charge on any atom is 0.128 e. The summed E-state index contributed by atoms with van der Waals surface area (Å²) in [7, 11) is 0. The van der Waals surface area contributed by atoms with Crippen molar-refractivity contribution in [2.24, 2.45) is 5.92 Å². The van der Waals surface area contributed by atoms with Gasteiger partial charge in [-0.05, 0) is 31.4 Å². The highest BCUT2D eigenvalue weighted by Crippen LogP contribution is 2.20. The van der Waals surface area contributed by atoms with Gasteiger partial charge in [0, 0.05) is 25.2 Å². The van der Waals surface area contributed by atoms with E-state index in [1.807, 2.05) is 19.2 Å². The number of anilines is 1. The zero-order chi connectivity index (χ0) is 10.7. The minimum atomic E-state index is 0.182. The van der Waals surface area contributed by atoms with Gasteiger partial charge in [0.1, 0.15) is 12.1 Å². The van der Waals surface area contributed by atoms with Crippen molar-refractivity contribution in [1.29, 1.82) is 0 Å². The second kappa shape index (κ2) is 4.43. The predicted octanol–water partition coefficient (Wildman–Crippen LogP) is 1.81. The molecule has 1 fully saturated rings. The number of aryl methyl sites for hydroxylation is 1. The van der Waals surface area contributed by atoms with Gasteiger partial charge >= 0.3 is 0 Å². The van der Waals surface area contributed by atoms with Crippen LogP contribution in [-0.2, 0) is 4.79 Å². The van der Waals surface area contributed by atoms with E-state index in [1.54, 1.807) is 0 Å². The lowest BCUT2D eigenvalue weighted by molar-refractivity contribution is -0.111. The Kier molecular flexibility index (Phi) is 2.99. The molecule has 1 aliphatic heterocycles. The molecular weight excluding hydrogens is 188 g/mol. The Bertz CT molecular complexity index is 334. The standard InChI is InChI=1S/C12H16N2O/c1-10-4-5-12(13-7-10)14-6-2-3-11(8-14)9-15/h4-5,7,9,11H,2-3,6,8H2,1H3. The number of rotatable bonds is 2. The smallest absolute Gasteiger partial charge is 0.128 e. The molecule has 0 bridgehead atoms. The summed E-state index contributed by atoms with van der Waals surface area (Å²) in [4.78, 5) is 17.3. The number of nitrogens with zero attached hydrogens (tertiary/aromatic N) is 2. The van der Waals surface area contributed by atoms with Crippen molar-refractivity contribution in [1.82, 2.24) is 4.98 Å². The van der Waals surface area contributed by atoms with E-state index < -0.39 is 0 Å². The molecule has 0 N–H and O–H groups in total. The molecule has 15 heavy (non-hydrogen) atoms. The Morgan fingerprint density at radius 2 is 2.40 bits per heavy atom. The molecule has 0 spiro atoms. The van der Waals surface area contributed by atoms with Gasteiger partial charge < -0.3 is 9.69 Å². The van der Waals surface area contributed by atoms with Crippen molar-refractivity contribution in [3.05, 3.63) is 23.9 Å². The van der Waals surface area contributed by atoms with E-state index in [0.717, 1.165) is 38.0 Å². The summed E-state index contributed by atoms with van der Waals surface area (Å²) in [5.41, 5.74) is 1.17. The molecule has 1 aromatic heterocycles. The quantitative estimate of drug-likeness (QED) is 0.689. The summed E-state index contributed by atoms with van der Waals surface area (Å²) in [6.07, 6.45) is 5.05. The molecule has 1 saturated heterocycles. The summed E-state index contributed by atoms with van der Waals surface area (Å²) >= 11 is 0. The second-order valence-corrected chi connectivity index (χ2v) is 4.18. The number of carbonyl (C=O) groups excluding carboxylic acids is 1. The van der Waals surface area contributed by atoms with Crippen LogP contribution in [0.15, 0.2) is 18.3 Å². The Hall–Kier alpha value is -1.38. The van der Waals surface area contributed by atoms with Crippen LogP contribution in [0, 0.1) is 12.8 Å². The predicted molar refractivity (Wildman–Crippen MR) is 60.0 cm³/mol. The molecule has 0 radical (unpaired) electrons. The summed E-state index contributed by atoms with van der Waals surface area (Å²) in [6.45, 7) is 3.86. The minimum Gasteiger partial charge on any atom is -0.356 e. The maximum absolute atomic E-state index is 10.7. The second-order valence-electron chi connectivity index (χ2n) is 4.18. The zero-order valence-corrected chi connectivity index (χ0v) is 9.02. The third-order valence-corrected chi connectivity index (χ3v) is 2.87. The fourth-order valence-electron chi connectivity index (χ4n) is 1.98. The SMILES string of the molecule is Cc1ccc(N2CCCC(C=O)C2)nc1. The highest BCUT2D eigenvalue weighted by Gasteiger charge is 2.19. The molecule has 1 aromatic rings. The van der Waals surface area contributed by atoms with Crippen molar-refractivity contribution >= 4 is 12.1 Å². The number of aldehydes is 1. The van der Waals surface area contributed by atoms with E-state index in [0.29, 0.717) is 0 Å². The molecule has 0 aromatic carbocycles. The fourth-order valence-corrected chi connectivity index (χ4v) is 1.98. The van der Waals surface area contributed by atoms with Gasteiger partial charge in [0.05, 0.1) is 0 Å². The van der Waals surface area contributed by atoms with Gasteiger partial charge in [0.15, 0.2) is 0 Å². The van der Waals surface area contributed by atoms with Crippen molar-refractivity contribution in [3.8, 4) is 0 Å². The third kappa shape index (κ3) is 2.35. The summed E-state index contributed by atoms with van der Waals surface area (Å²) in [5, 5.41) is 0. The van der Waals surface area contributed by atoms with Crippen LogP contribution in [0.25, 0.3) is 0 Å². The lowest BCUT2D eigenvalue weighted by Crippen LogP contribution is -2.36. The first kappa shape index (κ1) is 10.1. The molecule has 0 aliphatic carbocycles. The van der Waals surface area contributed by atoms with Crippen LogP contribution < -0.4 is 4.90 Å². The highest BCUT2D eigenvalue weighted by molar-refractivity contribution is 5.56. The first-order chi connectivity index (χ1) is 7.29. The molecule has 2 heterocycles. The van der Waals surface area contributed by atoms with Crippen LogP contribution in [0.3, 0.4) is 0 Å². The van der Waals surface area contributed by atoms with E-state index in [2.05, 4.69) is 16.0 Å². The van der Waals surface area contributed by atoms with Gasteiger partial charge in [-0.25, -0.2) is 4.98 Å². The molecular formula is C12H16N2O. The van der Waals surface area contributed by atoms with Gasteiger partial charge in [-0.2, -0.15) is 0 Å². The largest absolute Gasteiger partial charge is 0.356 e. The van der Waals surface area contributed by atoms with Crippen molar-refractivity contribution in [3.63, 3.8) is 0 Å². The van der Waals surface area contributed by atoms with E-state index in [4.69, 9.17) is 0 Å². The molecule has 0 saturated carbocycles. The average Bonchev–Trinajstić information content (AvgIpc) is 2.30. The zero-order valence-electron chi connectivity index (χ0n) is 9.02. The first-order valence-electron chi connectivity index (χ1n) is 5.42. The number of hydrogen-bond acceptors (Lipinski definition) is 3. The lowest BCUT2D eigenvalue weighted by atomic mass is 10.00. The third-order valence-electron chi connectivity index (χ3n) is 2.87. The molecule has 1 atom stereocenters. The Morgan fingerprint density at radius 1 is 1.53 bits per heavy atom. The number of carbonyl (C=O) groups is 1. The Balaban J connectivity index is 2.09. The first-order valence-corrected chi connectivity index (χ1v) is 5.42. The molecule has 1 aliphatic rings. The Morgan fingerprint density at radius 3 is 3.07 bits per heavy atom. The van der Waals surface area contributed by atoms with Crippen LogP contribution >= 0.6 is 0 Å². The Labute approximate surface area is 90.1 Å². The van der Waals surface area contributed by atoms with E-state index >= 15 is 0 Å². The van der Waals surface area contributed by atoms with Gasteiger partial charge in [-0.15, -0.1) is 0 Å². The molecule has 3 heteroatoms. The average molecular weight is 204 g/mol. The summed E-state index contributed by atoms with van der Waals surface area (Å²) < 4.78 is 0. The molecule has 80 valence electrons. The number of hydrogen-bond donors (Lipinski definition) is 0. The van der Waals surface area contributed by atoms with Gasteiger partial charge in [-0.1, -0.05) is 6.07 Å². The fraction of sp³-hybridized carbons (Fsp3) is 0.500. The van der Waals surface area contributed by atoms with Crippen LogP contribution in [0.4, 0.5) is 5.82 Å². The van der Waals surface area contributed by atoms with E-state index in [1.165, 1.54) is 5.56 Å². The molecule has 1 unspecified atom stereocenters. The van der Waals surface area contributed by atoms with Gasteiger partial charge in [0.25, 0.3) is 0 Å².